The minimum Gasteiger partial charge on any atom is -0.352 e. The number of para-hydroxylation sites is 2. The van der Waals surface area contributed by atoms with Crippen molar-refractivity contribution in [1.29, 1.82) is 0 Å². The number of hydrogen-bond donors (Lipinski definition) is 1. The Labute approximate surface area is 162 Å². The summed E-state index contributed by atoms with van der Waals surface area (Å²) in [4.78, 5) is 30.1. The molecule has 1 aromatic heterocycles. The highest BCUT2D eigenvalue weighted by molar-refractivity contribution is 6.30. The van der Waals surface area contributed by atoms with Gasteiger partial charge in [-0.05, 0) is 49.2 Å². The monoisotopic (exact) mass is 381 g/mol. The van der Waals surface area contributed by atoms with Gasteiger partial charge in [0.25, 0.3) is 0 Å². The molecule has 6 heteroatoms. The van der Waals surface area contributed by atoms with Gasteiger partial charge in [0.2, 0.25) is 11.7 Å². The Balaban J connectivity index is 1.67. The van der Waals surface area contributed by atoms with Crippen molar-refractivity contribution < 1.29 is 9.59 Å². The summed E-state index contributed by atoms with van der Waals surface area (Å²) in [7, 11) is 0. The summed E-state index contributed by atoms with van der Waals surface area (Å²) in [5, 5.41) is 3.64. The first-order chi connectivity index (χ1) is 13.1. The van der Waals surface area contributed by atoms with Crippen LogP contribution >= 0.6 is 11.6 Å². The Bertz CT molecular complexity index is 988. The first-order valence-corrected chi connectivity index (χ1v) is 9.54. The van der Waals surface area contributed by atoms with Gasteiger partial charge in [0.05, 0.1) is 11.0 Å². The molecule has 1 N–H and O–H groups in total. The van der Waals surface area contributed by atoms with E-state index in [2.05, 4.69) is 10.3 Å². The lowest BCUT2D eigenvalue weighted by molar-refractivity contribution is -0.122. The van der Waals surface area contributed by atoms with E-state index in [0.29, 0.717) is 16.1 Å². The highest BCUT2D eigenvalue weighted by Gasteiger charge is 2.22. The molecule has 4 rings (SSSR count). The maximum absolute atomic E-state index is 13.0. The summed E-state index contributed by atoms with van der Waals surface area (Å²) in [5.41, 5.74) is 1.96. The van der Waals surface area contributed by atoms with Crippen molar-refractivity contribution >= 4 is 34.3 Å². The van der Waals surface area contributed by atoms with E-state index in [-0.39, 0.29) is 30.1 Å². The van der Waals surface area contributed by atoms with Crippen LogP contribution in [-0.2, 0) is 11.3 Å². The lowest BCUT2D eigenvalue weighted by Gasteiger charge is -2.14. The minimum atomic E-state index is -0.225. The fraction of sp³-hybridized carbons (Fsp3) is 0.286. The van der Waals surface area contributed by atoms with E-state index in [1.807, 2.05) is 24.3 Å². The van der Waals surface area contributed by atoms with E-state index in [4.69, 9.17) is 11.6 Å². The van der Waals surface area contributed by atoms with E-state index in [1.165, 1.54) is 0 Å². The van der Waals surface area contributed by atoms with Gasteiger partial charge in [-0.15, -0.1) is 0 Å². The van der Waals surface area contributed by atoms with Gasteiger partial charge in [0.15, 0.2) is 5.82 Å². The molecule has 0 aliphatic heterocycles. The number of carbonyl (C=O) groups is 2. The molecular formula is C21H20ClN3O2. The number of nitrogens with one attached hydrogen (secondary N) is 1. The molecule has 1 aliphatic carbocycles. The maximum Gasteiger partial charge on any atom is 0.240 e. The molecule has 0 spiro atoms. The molecule has 27 heavy (non-hydrogen) atoms. The Morgan fingerprint density at radius 2 is 1.78 bits per heavy atom. The number of aromatic nitrogens is 2. The Morgan fingerprint density at radius 1 is 1.07 bits per heavy atom. The second-order valence-electron chi connectivity index (χ2n) is 6.90. The highest BCUT2D eigenvalue weighted by atomic mass is 35.5. The highest BCUT2D eigenvalue weighted by Crippen LogP contribution is 2.21. The predicted octanol–water partition coefficient (Wildman–Crippen LogP) is 3.98. The van der Waals surface area contributed by atoms with Crippen LogP contribution in [0.25, 0.3) is 11.0 Å². The topological polar surface area (TPSA) is 64.0 Å². The number of carbonyl (C=O) groups excluding carboxylic acids is 2. The molecule has 1 fully saturated rings. The van der Waals surface area contributed by atoms with Crippen LogP contribution in [0.2, 0.25) is 5.02 Å². The summed E-state index contributed by atoms with van der Waals surface area (Å²) < 4.78 is 1.70. The molecule has 1 heterocycles. The summed E-state index contributed by atoms with van der Waals surface area (Å²) >= 11 is 5.92. The van der Waals surface area contributed by atoms with Crippen LogP contribution in [0.3, 0.4) is 0 Å². The summed E-state index contributed by atoms with van der Waals surface area (Å²) in [5.74, 6) is -0.0492. The van der Waals surface area contributed by atoms with Crippen molar-refractivity contribution in [3.63, 3.8) is 0 Å². The Kier molecular flexibility index (Phi) is 4.94. The summed E-state index contributed by atoms with van der Waals surface area (Å²) in [6, 6.07) is 14.4. The SMILES string of the molecule is O=C(Cn1c(C(=O)c2ccc(Cl)cc2)nc2ccccc21)NC1CCCC1. The first-order valence-electron chi connectivity index (χ1n) is 9.17. The van der Waals surface area contributed by atoms with E-state index in [1.54, 1.807) is 28.8 Å². The van der Waals surface area contributed by atoms with Crippen LogP contribution in [0.15, 0.2) is 48.5 Å². The number of rotatable bonds is 5. The van der Waals surface area contributed by atoms with Crippen molar-refractivity contribution in [3.05, 3.63) is 64.9 Å². The van der Waals surface area contributed by atoms with Gasteiger partial charge in [-0.2, -0.15) is 0 Å². The quantitative estimate of drug-likeness (QED) is 0.680. The smallest absolute Gasteiger partial charge is 0.240 e. The summed E-state index contributed by atoms with van der Waals surface area (Å²) in [6.45, 7) is 0.0751. The zero-order valence-electron chi connectivity index (χ0n) is 14.8. The number of amides is 1. The molecule has 1 saturated carbocycles. The minimum absolute atomic E-state index is 0.0751. The molecule has 1 aliphatic rings. The van der Waals surface area contributed by atoms with Crippen LogP contribution < -0.4 is 5.32 Å². The second kappa shape index (κ2) is 7.53. The number of imidazole rings is 1. The third-order valence-electron chi connectivity index (χ3n) is 4.99. The molecule has 5 nitrogen and oxygen atoms in total. The van der Waals surface area contributed by atoms with Gasteiger partial charge in [-0.3, -0.25) is 9.59 Å². The molecule has 2 aromatic carbocycles. The predicted molar refractivity (Wildman–Crippen MR) is 105 cm³/mol. The molecule has 0 atom stereocenters. The van der Waals surface area contributed by atoms with Crippen LogP contribution in [-0.4, -0.2) is 27.3 Å². The third-order valence-corrected chi connectivity index (χ3v) is 5.24. The normalized spacial score (nSPS) is 14.6. The van der Waals surface area contributed by atoms with E-state index < -0.39 is 0 Å². The zero-order chi connectivity index (χ0) is 18.8. The van der Waals surface area contributed by atoms with Crippen molar-refractivity contribution in [2.75, 3.05) is 0 Å². The van der Waals surface area contributed by atoms with Gasteiger partial charge in [-0.1, -0.05) is 36.6 Å². The molecule has 0 radical (unpaired) electrons. The molecule has 0 saturated heterocycles. The number of halogens is 1. The molecule has 1 amide bonds. The maximum atomic E-state index is 13.0. The molecular weight excluding hydrogens is 362 g/mol. The van der Waals surface area contributed by atoms with Crippen LogP contribution in [0.1, 0.15) is 41.9 Å². The lowest BCUT2D eigenvalue weighted by Crippen LogP contribution is -2.35. The lowest BCUT2D eigenvalue weighted by atomic mass is 10.1. The van der Waals surface area contributed by atoms with Gasteiger partial charge in [0, 0.05) is 16.6 Å². The van der Waals surface area contributed by atoms with Crippen LogP contribution in [0, 0.1) is 0 Å². The average molecular weight is 382 g/mol. The number of ketones is 1. The number of hydrogen-bond acceptors (Lipinski definition) is 3. The third kappa shape index (κ3) is 3.74. The average Bonchev–Trinajstić information content (AvgIpc) is 3.30. The Morgan fingerprint density at radius 3 is 2.52 bits per heavy atom. The van der Waals surface area contributed by atoms with E-state index in [0.717, 1.165) is 31.2 Å². The number of fused-ring (bicyclic) bond motifs is 1. The number of benzene rings is 2. The fourth-order valence-corrected chi connectivity index (χ4v) is 3.75. The molecule has 0 bridgehead atoms. The fourth-order valence-electron chi connectivity index (χ4n) is 3.63. The first kappa shape index (κ1) is 17.7. The van der Waals surface area contributed by atoms with E-state index in [9.17, 15) is 9.59 Å². The largest absolute Gasteiger partial charge is 0.352 e. The van der Waals surface area contributed by atoms with Crippen molar-refractivity contribution in [1.82, 2.24) is 14.9 Å². The van der Waals surface area contributed by atoms with Gasteiger partial charge in [0.1, 0.15) is 6.54 Å². The molecule has 0 unspecified atom stereocenters. The summed E-state index contributed by atoms with van der Waals surface area (Å²) in [6.07, 6.45) is 4.35. The Hall–Kier alpha value is -2.66. The van der Waals surface area contributed by atoms with Gasteiger partial charge >= 0.3 is 0 Å². The van der Waals surface area contributed by atoms with Crippen LogP contribution in [0.5, 0.6) is 0 Å². The van der Waals surface area contributed by atoms with Crippen molar-refractivity contribution in [3.8, 4) is 0 Å². The number of nitrogens with zero attached hydrogens (tertiary/aromatic N) is 2. The zero-order valence-corrected chi connectivity index (χ0v) is 15.6. The molecule has 138 valence electrons. The second-order valence-corrected chi connectivity index (χ2v) is 7.33. The molecule has 3 aromatic rings. The van der Waals surface area contributed by atoms with Gasteiger partial charge < -0.3 is 9.88 Å². The van der Waals surface area contributed by atoms with Crippen molar-refractivity contribution in [2.45, 2.75) is 38.3 Å². The van der Waals surface area contributed by atoms with E-state index >= 15 is 0 Å². The van der Waals surface area contributed by atoms with Crippen molar-refractivity contribution in [2.24, 2.45) is 0 Å². The van der Waals surface area contributed by atoms with Crippen LogP contribution in [0.4, 0.5) is 0 Å². The van der Waals surface area contributed by atoms with Gasteiger partial charge in [-0.25, -0.2) is 4.98 Å². The standard InChI is InChI=1S/C21H20ClN3O2/c22-15-11-9-14(10-12-15)20(27)21-24-17-7-3-4-8-18(17)25(21)13-19(26)23-16-5-1-2-6-16/h3-4,7-12,16H,1-2,5-6,13H2,(H,23,26).